The van der Waals surface area contributed by atoms with E-state index in [1.807, 2.05) is 0 Å². The normalized spacial score (nSPS) is 18.6. The monoisotopic (exact) mass is 713 g/mol. The molecule has 227 valence electrons. The van der Waals surface area contributed by atoms with Crippen molar-refractivity contribution in [3.8, 4) is 22.3 Å². The van der Waals surface area contributed by atoms with Gasteiger partial charge in [0.15, 0.2) is 0 Å². The molecule has 0 saturated heterocycles. The van der Waals surface area contributed by atoms with E-state index in [1.165, 1.54) is 61.2 Å². The van der Waals surface area contributed by atoms with Crippen LogP contribution in [0, 0.1) is 0 Å². The molecular formula is C40H45Cl2SiZr. The molecule has 0 aromatic heterocycles. The van der Waals surface area contributed by atoms with Crippen molar-refractivity contribution in [2.45, 2.75) is 73.2 Å². The summed E-state index contributed by atoms with van der Waals surface area (Å²) < 4.78 is 0.197. The second kappa shape index (κ2) is 11.7. The fraction of sp³-hybridized carbons (Fsp3) is 0.300. The van der Waals surface area contributed by atoms with Crippen LogP contribution < -0.4 is 0 Å². The Morgan fingerprint density at radius 1 is 0.750 bits per heavy atom. The second-order valence-corrected chi connectivity index (χ2v) is 57.0. The number of hydrogen-bond donors (Lipinski definition) is 0. The van der Waals surface area contributed by atoms with E-state index < -0.39 is 21.5 Å². The van der Waals surface area contributed by atoms with Gasteiger partial charge < -0.3 is 0 Å². The van der Waals surface area contributed by atoms with Gasteiger partial charge in [-0.3, -0.25) is 0 Å². The first kappa shape index (κ1) is 32.0. The van der Waals surface area contributed by atoms with Crippen LogP contribution in [-0.4, -0.2) is 5.92 Å². The zero-order valence-corrected chi connectivity index (χ0v) is 32.3. The predicted molar refractivity (Wildman–Crippen MR) is 195 cm³/mol. The Morgan fingerprint density at radius 3 is 1.89 bits per heavy atom. The molecule has 2 unspecified atom stereocenters. The summed E-state index contributed by atoms with van der Waals surface area (Å²) in [6.07, 6.45) is 9.39. The molecule has 0 fully saturated rings. The minimum atomic E-state index is -4.64. The number of benzene rings is 4. The van der Waals surface area contributed by atoms with Gasteiger partial charge in [-0.2, -0.15) is 0 Å². The van der Waals surface area contributed by atoms with Crippen LogP contribution in [0.2, 0.25) is 13.1 Å². The van der Waals surface area contributed by atoms with Crippen molar-refractivity contribution in [1.82, 2.24) is 0 Å². The van der Waals surface area contributed by atoms with E-state index in [9.17, 15) is 0 Å². The van der Waals surface area contributed by atoms with Crippen LogP contribution in [0.25, 0.3) is 34.4 Å². The summed E-state index contributed by atoms with van der Waals surface area (Å²) in [5, 5.41) is 0. The number of hydrogen-bond acceptors (Lipinski definition) is 0. The van der Waals surface area contributed by atoms with Crippen molar-refractivity contribution in [3.63, 3.8) is 0 Å². The van der Waals surface area contributed by atoms with Gasteiger partial charge in [0.05, 0.1) is 0 Å². The molecule has 0 radical (unpaired) electrons. The molecule has 0 amide bonds. The number of rotatable bonds is 7. The Labute approximate surface area is 274 Å². The third kappa shape index (κ3) is 5.23. The maximum absolute atomic E-state index is 8.36. The van der Waals surface area contributed by atoms with Crippen LogP contribution in [0.3, 0.4) is 0 Å². The SMILES string of the molecule is CCCc1ccc(-c2cccc3c2C=C(C)[CH]3[Zr]([Cl])([Cl])([CH]2C=Cc3c(-c4ccc(C(C)(C)C)cc4)cccc32)[SiH](C)C)cc1. The summed E-state index contributed by atoms with van der Waals surface area (Å²) in [6.45, 7) is 16.1. The molecule has 4 aromatic carbocycles. The van der Waals surface area contributed by atoms with E-state index in [2.05, 4.69) is 151 Å². The van der Waals surface area contributed by atoms with Gasteiger partial charge in [0.2, 0.25) is 0 Å². The summed E-state index contributed by atoms with van der Waals surface area (Å²) >= 11 is -4.64. The number of halogens is 2. The molecule has 0 nitrogen and oxygen atoms in total. The van der Waals surface area contributed by atoms with Crippen LogP contribution in [0.4, 0.5) is 0 Å². The average molecular weight is 716 g/mol. The number of allylic oxidation sites excluding steroid dienone is 2. The first-order chi connectivity index (χ1) is 20.8. The van der Waals surface area contributed by atoms with Crippen molar-refractivity contribution in [1.29, 1.82) is 0 Å². The van der Waals surface area contributed by atoms with Crippen LogP contribution in [0.1, 0.15) is 81.7 Å². The first-order valence-electron chi connectivity index (χ1n) is 16.2. The molecule has 0 heterocycles. The van der Waals surface area contributed by atoms with Gasteiger partial charge in [-0.05, 0) is 0 Å². The van der Waals surface area contributed by atoms with Crippen molar-refractivity contribution in [2.24, 2.45) is 0 Å². The number of aryl methyl sites for hydroxylation is 1. The summed E-state index contributed by atoms with van der Waals surface area (Å²) in [5.74, 6) is -1.55. The molecule has 2 aliphatic rings. The second-order valence-electron chi connectivity index (χ2n) is 14.4. The van der Waals surface area contributed by atoms with Gasteiger partial charge in [0, 0.05) is 0 Å². The van der Waals surface area contributed by atoms with Crippen molar-refractivity contribution >= 4 is 35.1 Å². The molecule has 44 heavy (non-hydrogen) atoms. The van der Waals surface area contributed by atoms with Gasteiger partial charge in [-0.1, -0.05) is 0 Å². The molecule has 0 bridgehead atoms. The number of fused-ring (bicyclic) bond motifs is 2. The predicted octanol–water partition coefficient (Wildman–Crippen LogP) is 12.5. The van der Waals surface area contributed by atoms with Crippen LogP contribution in [0.5, 0.6) is 0 Å². The summed E-state index contributed by atoms with van der Waals surface area (Å²) in [6, 6.07) is 31.8. The van der Waals surface area contributed by atoms with Gasteiger partial charge in [-0.15, -0.1) is 0 Å². The van der Waals surface area contributed by atoms with E-state index in [0.29, 0.717) is 0 Å². The van der Waals surface area contributed by atoms with Gasteiger partial charge in [-0.25, -0.2) is 0 Å². The minimum absolute atomic E-state index is 0.0894. The maximum atomic E-state index is 8.36. The molecule has 4 heteroatoms. The van der Waals surface area contributed by atoms with E-state index >= 15 is 0 Å². The van der Waals surface area contributed by atoms with Crippen LogP contribution in [-0.2, 0) is 27.4 Å². The van der Waals surface area contributed by atoms with Crippen molar-refractivity contribution in [2.75, 3.05) is 0 Å². The first-order valence-corrected chi connectivity index (χ1v) is 32.6. The molecule has 0 N–H and O–H groups in total. The van der Waals surface area contributed by atoms with Crippen LogP contribution >= 0.6 is 17.0 Å². The molecule has 4 aromatic rings. The molecule has 2 atom stereocenters. The molecule has 6 rings (SSSR count). The van der Waals surface area contributed by atoms with E-state index in [-0.39, 0.29) is 12.7 Å². The fourth-order valence-electron chi connectivity index (χ4n) is 7.77. The van der Waals surface area contributed by atoms with Crippen molar-refractivity contribution < 1.29 is 15.6 Å². The summed E-state index contributed by atoms with van der Waals surface area (Å²) in [4.78, 5) is 0. The third-order valence-electron chi connectivity index (χ3n) is 10.3. The van der Waals surface area contributed by atoms with E-state index in [1.54, 1.807) is 0 Å². The van der Waals surface area contributed by atoms with Gasteiger partial charge in [0.25, 0.3) is 0 Å². The topological polar surface area (TPSA) is 0 Å². The average Bonchev–Trinajstić information content (AvgIpc) is 3.59. The van der Waals surface area contributed by atoms with Crippen molar-refractivity contribution in [3.05, 3.63) is 130 Å². The molecule has 0 aliphatic heterocycles. The Hall–Kier alpha value is -1.96. The third-order valence-corrected chi connectivity index (χ3v) is 62.5. The molecule has 2 aliphatic carbocycles. The standard InChI is InChI=1S/2C19H19.C2H7Si.2ClH.Zr/c1-19(2,3)16-12-10-15(11-13-16)18-9-5-7-14-6-4-8-17(14)18;1-3-5-15-8-10-16(11-9-15)18-7-4-6-17-12-14(2)13-19(17)18;1-3-2;;;/h4-13H,1-3H3;4,6-13H,3,5H2,1-2H3;3H,1-2H3;2*1H;/q;;;;;+2/p-2. The summed E-state index contributed by atoms with van der Waals surface area (Å²) in [7, 11) is 16.7. The van der Waals surface area contributed by atoms with E-state index in [4.69, 9.17) is 17.0 Å². The molecule has 0 saturated carbocycles. The quantitative estimate of drug-likeness (QED) is 0.167. The van der Waals surface area contributed by atoms with Gasteiger partial charge in [0.1, 0.15) is 0 Å². The van der Waals surface area contributed by atoms with Gasteiger partial charge >= 0.3 is 276 Å². The van der Waals surface area contributed by atoms with Crippen LogP contribution in [0.15, 0.2) is 96.6 Å². The Morgan fingerprint density at radius 2 is 1.32 bits per heavy atom. The van der Waals surface area contributed by atoms with E-state index in [0.717, 1.165) is 12.8 Å². The molecule has 0 spiro atoms. The Balaban J connectivity index is 1.44. The Bertz CT molecular complexity index is 1770. The zero-order chi connectivity index (χ0) is 31.5. The molecular weight excluding hydrogens is 671 g/mol. The fourth-order valence-corrected chi connectivity index (χ4v) is 37.9. The zero-order valence-electron chi connectivity index (χ0n) is 27.2. The Kier molecular flexibility index (Phi) is 8.50. The summed E-state index contributed by atoms with van der Waals surface area (Å²) in [5.41, 5.74) is 14.5.